The van der Waals surface area contributed by atoms with Gasteiger partial charge in [0.2, 0.25) is 11.7 Å². The lowest BCUT2D eigenvalue weighted by Gasteiger charge is -2.29. The highest BCUT2D eigenvalue weighted by Crippen LogP contribution is 2.41. The molecule has 1 saturated heterocycles. The lowest BCUT2D eigenvalue weighted by molar-refractivity contribution is -0.908. The van der Waals surface area contributed by atoms with Gasteiger partial charge in [0, 0.05) is 18.5 Å². The molecule has 1 unspecified atom stereocenters. The van der Waals surface area contributed by atoms with Gasteiger partial charge in [0.1, 0.15) is 13.1 Å². The van der Waals surface area contributed by atoms with Gasteiger partial charge in [0.15, 0.2) is 17.3 Å². The molecular formula is C26H32N2O7. The number of carbonyl (C=O) groups excluding carboxylic acids is 2. The summed E-state index contributed by atoms with van der Waals surface area (Å²) in [5.74, 6) is -0.974. The molecule has 1 aromatic heterocycles. The van der Waals surface area contributed by atoms with Crippen molar-refractivity contribution in [1.82, 2.24) is 4.90 Å². The Morgan fingerprint density at radius 2 is 2.03 bits per heavy atom. The van der Waals surface area contributed by atoms with Gasteiger partial charge < -0.3 is 33.5 Å². The van der Waals surface area contributed by atoms with Gasteiger partial charge in [-0.25, -0.2) is 0 Å². The van der Waals surface area contributed by atoms with Crippen molar-refractivity contribution < 1.29 is 38.2 Å². The topological polar surface area (TPSA) is 106 Å². The molecule has 0 bridgehead atoms. The van der Waals surface area contributed by atoms with Crippen LogP contribution in [0.3, 0.4) is 0 Å². The molecule has 1 N–H and O–H groups in total. The zero-order valence-electron chi connectivity index (χ0n) is 20.2. The minimum atomic E-state index is -0.832. The number of ether oxygens (including phenoxy) is 3. The van der Waals surface area contributed by atoms with Gasteiger partial charge in [-0.1, -0.05) is 13.0 Å². The van der Waals surface area contributed by atoms with E-state index in [9.17, 15) is 14.7 Å². The van der Waals surface area contributed by atoms with E-state index in [1.165, 1.54) is 29.2 Å². The van der Waals surface area contributed by atoms with Crippen molar-refractivity contribution in [3.05, 3.63) is 59.3 Å². The average Bonchev–Trinajstić information content (AvgIpc) is 3.51. The zero-order valence-corrected chi connectivity index (χ0v) is 20.2. The maximum Gasteiger partial charge on any atom is 0.239 e. The molecule has 0 spiro atoms. The summed E-state index contributed by atoms with van der Waals surface area (Å²) in [6, 6.07) is 7.51. The van der Waals surface area contributed by atoms with Crippen molar-refractivity contribution in [2.24, 2.45) is 0 Å². The molecule has 35 heavy (non-hydrogen) atoms. The third-order valence-electron chi connectivity index (χ3n) is 6.37. The highest BCUT2D eigenvalue weighted by molar-refractivity contribution is 6.14. The number of hydrogen-bond donors (Lipinski definition) is 1. The van der Waals surface area contributed by atoms with Gasteiger partial charge >= 0.3 is 0 Å². The number of quaternary nitrogens is 1. The second-order valence-corrected chi connectivity index (χ2v) is 8.67. The largest absolute Gasteiger partial charge is 0.868 e. The minimum Gasteiger partial charge on any atom is -0.868 e. The van der Waals surface area contributed by atoms with Gasteiger partial charge in [-0.3, -0.25) is 9.59 Å². The van der Waals surface area contributed by atoms with Crippen molar-refractivity contribution in [2.75, 3.05) is 53.1 Å². The summed E-state index contributed by atoms with van der Waals surface area (Å²) in [6.07, 6.45) is 2.91. The molecule has 1 aromatic carbocycles. The van der Waals surface area contributed by atoms with Crippen molar-refractivity contribution in [3.8, 4) is 11.5 Å². The summed E-state index contributed by atoms with van der Waals surface area (Å²) in [5, 5.41) is 13.1. The Morgan fingerprint density at radius 3 is 2.71 bits per heavy atom. The lowest BCUT2D eigenvalue weighted by atomic mass is 9.94. The highest BCUT2D eigenvalue weighted by atomic mass is 16.5. The SMILES string of the molecule is CCCOc1ccc(C2C(C(=O)c3ccco3)=C([O-])C(=O)N2CCC[NH+]2CCOCC2)cc1OC. The molecule has 1 amide bonds. The maximum absolute atomic E-state index is 13.3. The molecule has 0 saturated carbocycles. The van der Waals surface area contributed by atoms with Crippen molar-refractivity contribution in [3.63, 3.8) is 0 Å². The van der Waals surface area contributed by atoms with Crippen LogP contribution < -0.4 is 19.5 Å². The van der Waals surface area contributed by atoms with E-state index in [1.54, 1.807) is 24.3 Å². The maximum atomic E-state index is 13.3. The Labute approximate surface area is 204 Å². The Kier molecular flexibility index (Phi) is 8.09. The summed E-state index contributed by atoms with van der Waals surface area (Å²) in [5.41, 5.74) is 0.506. The van der Waals surface area contributed by atoms with Crippen LogP contribution in [0, 0.1) is 0 Å². The fourth-order valence-corrected chi connectivity index (χ4v) is 4.58. The number of morpholine rings is 1. The fraction of sp³-hybridized carbons (Fsp3) is 0.462. The Balaban J connectivity index is 1.64. The summed E-state index contributed by atoms with van der Waals surface area (Å²) in [4.78, 5) is 29.3. The number of benzene rings is 1. The molecular weight excluding hydrogens is 452 g/mol. The van der Waals surface area contributed by atoms with E-state index in [-0.39, 0.29) is 11.3 Å². The van der Waals surface area contributed by atoms with E-state index in [0.29, 0.717) is 36.6 Å². The number of carbonyl (C=O) groups is 2. The third kappa shape index (κ3) is 5.36. The Bertz CT molecular complexity index is 1060. The van der Waals surface area contributed by atoms with Gasteiger partial charge in [0.05, 0.1) is 45.8 Å². The van der Waals surface area contributed by atoms with E-state index >= 15 is 0 Å². The Hall–Kier alpha value is -3.30. The quantitative estimate of drug-likeness (QED) is 0.470. The zero-order chi connectivity index (χ0) is 24.8. The van der Waals surface area contributed by atoms with Crippen LogP contribution in [0.5, 0.6) is 11.5 Å². The molecule has 9 heteroatoms. The molecule has 1 atom stereocenters. The second-order valence-electron chi connectivity index (χ2n) is 8.67. The van der Waals surface area contributed by atoms with Crippen LogP contribution in [0.2, 0.25) is 0 Å². The number of furan rings is 1. The van der Waals surface area contributed by atoms with Gasteiger partial charge in [-0.2, -0.15) is 0 Å². The smallest absolute Gasteiger partial charge is 0.239 e. The van der Waals surface area contributed by atoms with Gasteiger partial charge in [0.25, 0.3) is 0 Å². The highest BCUT2D eigenvalue weighted by Gasteiger charge is 2.40. The monoisotopic (exact) mass is 484 g/mol. The standard InChI is InChI=1S/C26H32N2O7/c1-3-13-34-19-8-7-18(17-21(19)32-2)23-22(24(29)20-6-4-14-35-20)25(30)26(31)28(23)10-5-9-27-11-15-33-16-12-27/h4,6-8,14,17,23,30H,3,5,9-13,15-16H2,1-2H3. The minimum absolute atomic E-state index is 0.0284. The van der Waals surface area contributed by atoms with Crippen LogP contribution in [0.15, 0.2) is 52.3 Å². The van der Waals surface area contributed by atoms with Crippen LogP contribution in [0.25, 0.3) is 0 Å². The molecule has 188 valence electrons. The van der Waals surface area contributed by atoms with Crippen molar-refractivity contribution in [1.29, 1.82) is 0 Å². The summed E-state index contributed by atoms with van der Waals surface area (Å²) in [7, 11) is 1.53. The molecule has 2 aliphatic rings. The summed E-state index contributed by atoms with van der Waals surface area (Å²) < 4.78 is 22.0. The molecule has 2 aliphatic heterocycles. The first-order valence-corrected chi connectivity index (χ1v) is 12.1. The lowest BCUT2D eigenvalue weighted by Crippen LogP contribution is -3.14. The molecule has 1 fully saturated rings. The fourth-order valence-electron chi connectivity index (χ4n) is 4.58. The normalized spacial score (nSPS) is 18.9. The van der Waals surface area contributed by atoms with Crippen LogP contribution in [-0.2, 0) is 9.53 Å². The van der Waals surface area contributed by atoms with E-state index < -0.39 is 23.5 Å². The number of Topliss-reactive ketones (excluding diaryl/α,β-unsaturated/α-hetero) is 1. The van der Waals surface area contributed by atoms with Crippen LogP contribution in [-0.4, -0.2) is 69.7 Å². The number of nitrogens with zero attached hydrogens (tertiary/aromatic N) is 1. The van der Waals surface area contributed by atoms with Crippen LogP contribution >= 0.6 is 0 Å². The number of amides is 1. The summed E-state index contributed by atoms with van der Waals surface area (Å²) in [6.45, 7) is 7.02. The van der Waals surface area contributed by atoms with Gasteiger partial charge in [-0.15, -0.1) is 0 Å². The molecule has 2 aromatic rings. The van der Waals surface area contributed by atoms with E-state index in [1.807, 2.05) is 6.92 Å². The van der Waals surface area contributed by atoms with Crippen LogP contribution in [0.4, 0.5) is 0 Å². The Morgan fingerprint density at radius 1 is 1.23 bits per heavy atom. The first-order valence-electron chi connectivity index (χ1n) is 12.1. The van der Waals surface area contributed by atoms with E-state index in [4.69, 9.17) is 18.6 Å². The molecule has 0 aliphatic carbocycles. The average molecular weight is 485 g/mol. The number of methoxy groups -OCH3 is 1. The molecule has 9 nitrogen and oxygen atoms in total. The second kappa shape index (κ2) is 11.4. The van der Waals surface area contributed by atoms with Crippen molar-refractivity contribution in [2.45, 2.75) is 25.8 Å². The predicted octanol–water partition coefficient (Wildman–Crippen LogP) is 0.763. The number of rotatable bonds is 11. The van der Waals surface area contributed by atoms with Crippen LogP contribution in [0.1, 0.15) is 41.9 Å². The number of nitrogens with one attached hydrogen (secondary N) is 1. The number of hydrogen-bond acceptors (Lipinski definition) is 7. The van der Waals surface area contributed by atoms with E-state index in [2.05, 4.69) is 0 Å². The third-order valence-corrected chi connectivity index (χ3v) is 6.37. The van der Waals surface area contributed by atoms with Gasteiger partial charge in [-0.05, 0) is 42.0 Å². The number of ketones is 1. The first-order chi connectivity index (χ1) is 17.0. The van der Waals surface area contributed by atoms with Crippen molar-refractivity contribution >= 4 is 11.7 Å². The predicted molar refractivity (Wildman–Crippen MR) is 124 cm³/mol. The summed E-state index contributed by atoms with van der Waals surface area (Å²) >= 11 is 0. The first kappa shape index (κ1) is 24.8. The molecule has 4 rings (SSSR count). The van der Waals surface area contributed by atoms with E-state index in [0.717, 1.165) is 39.3 Å². The molecule has 0 radical (unpaired) electrons. The molecule has 3 heterocycles.